The van der Waals surface area contributed by atoms with Crippen LogP contribution in [0.2, 0.25) is 0 Å². The van der Waals surface area contributed by atoms with Crippen LogP contribution in [0.15, 0.2) is 34.6 Å². The second kappa shape index (κ2) is 8.29. The maximum Gasteiger partial charge on any atom is 0.416 e. The summed E-state index contributed by atoms with van der Waals surface area (Å²) in [5.41, 5.74) is 0.147. The molecule has 1 aliphatic rings. The van der Waals surface area contributed by atoms with Crippen molar-refractivity contribution in [3.05, 3.63) is 45.7 Å². The van der Waals surface area contributed by atoms with Crippen LogP contribution in [0.3, 0.4) is 0 Å². The molecule has 1 aromatic carbocycles. The molecule has 1 saturated carbocycles. The van der Waals surface area contributed by atoms with Crippen LogP contribution in [0.1, 0.15) is 43.4 Å². The van der Waals surface area contributed by atoms with Crippen molar-refractivity contribution in [2.75, 3.05) is 5.32 Å². The molecule has 27 heavy (non-hydrogen) atoms. The summed E-state index contributed by atoms with van der Waals surface area (Å²) < 4.78 is 40.2. The second-order valence-corrected chi connectivity index (χ2v) is 7.63. The summed E-state index contributed by atoms with van der Waals surface area (Å²) >= 11 is 1.49. The molecule has 4 nitrogen and oxygen atoms in total. The first-order chi connectivity index (χ1) is 12.8. The molecule has 0 unspecified atom stereocenters. The molecule has 1 fully saturated rings. The smallest absolute Gasteiger partial charge is 0.326 e. The van der Waals surface area contributed by atoms with Crippen LogP contribution in [0.25, 0.3) is 0 Å². The summed E-state index contributed by atoms with van der Waals surface area (Å²) in [5, 5.41) is 4.42. The number of nitrogens with one attached hydrogen (secondary N) is 1. The van der Waals surface area contributed by atoms with E-state index < -0.39 is 11.7 Å². The van der Waals surface area contributed by atoms with E-state index in [1.54, 1.807) is 0 Å². The number of thiazole rings is 1. The lowest BCUT2D eigenvalue weighted by atomic mass is 9.96. The number of carbonyl (C=O) groups excluding carboxylic acids is 1. The molecule has 0 atom stereocenters. The standard InChI is InChI=1S/C19H22F3N3OS/c1-25-16(12-27-18(25)24-14-7-3-2-4-8-14)11-17(26)23-15-9-5-6-13(10-15)19(20,21)22/h5-6,9-10,12,14H,2-4,7-8,11H2,1H3,(H,23,26). The van der Waals surface area contributed by atoms with Crippen LogP contribution in [0.4, 0.5) is 18.9 Å². The minimum atomic E-state index is -4.43. The van der Waals surface area contributed by atoms with Gasteiger partial charge in [0.25, 0.3) is 0 Å². The van der Waals surface area contributed by atoms with Gasteiger partial charge >= 0.3 is 6.18 Å². The molecule has 0 radical (unpaired) electrons. The number of carbonyl (C=O) groups is 1. The molecule has 0 aliphatic heterocycles. The molecule has 0 saturated heterocycles. The largest absolute Gasteiger partial charge is 0.416 e. The number of halogens is 3. The van der Waals surface area contributed by atoms with Crippen molar-refractivity contribution in [2.45, 2.75) is 50.7 Å². The molecule has 8 heteroatoms. The molecule has 146 valence electrons. The fourth-order valence-corrected chi connectivity index (χ4v) is 4.16. The molecular formula is C19H22F3N3OS. The maximum absolute atomic E-state index is 12.8. The molecule has 1 N–H and O–H groups in total. The minimum Gasteiger partial charge on any atom is -0.326 e. The number of hydrogen-bond donors (Lipinski definition) is 1. The normalized spacial score (nSPS) is 16.5. The van der Waals surface area contributed by atoms with Gasteiger partial charge in [-0.25, -0.2) is 0 Å². The molecule has 1 aliphatic carbocycles. The van der Waals surface area contributed by atoms with E-state index in [0.717, 1.165) is 35.5 Å². The first-order valence-electron chi connectivity index (χ1n) is 8.97. The zero-order valence-electron chi connectivity index (χ0n) is 15.1. The Morgan fingerprint density at radius 2 is 2.04 bits per heavy atom. The van der Waals surface area contributed by atoms with Crippen LogP contribution in [-0.4, -0.2) is 16.5 Å². The predicted octanol–water partition coefficient (Wildman–Crippen LogP) is 4.52. The van der Waals surface area contributed by atoms with Gasteiger partial charge in [-0.15, -0.1) is 11.3 Å². The number of hydrogen-bond acceptors (Lipinski definition) is 3. The first-order valence-corrected chi connectivity index (χ1v) is 9.85. The summed E-state index contributed by atoms with van der Waals surface area (Å²) in [5.74, 6) is -0.355. The fraction of sp³-hybridized carbons (Fsp3) is 0.474. The van der Waals surface area contributed by atoms with Gasteiger partial charge in [0.2, 0.25) is 5.91 Å². The van der Waals surface area contributed by atoms with Crippen LogP contribution >= 0.6 is 11.3 Å². The summed E-state index contributed by atoms with van der Waals surface area (Å²) in [6.45, 7) is 0. The summed E-state index contributed by atoms with van der Waals surface area (Å²) in [7, 11) is 1.87. The first kappa shape index (κ1) is 19.7. The van der Waals surface area contributed by atoms with Crippen molar-refractivity contribution in [3.8, 4) is 0 Å². The number of amides is 1. The van der Waals surface area contributed by atoms with Gasteiger partial charge in [-0.3, -0.25) is 9.79 Å². The molecule has 1 heterocycles. The second-order valence-electron chi connectivity index (χ2n) is 6.79. The number of anilines is 1. The zero-order valence-corrected chi connectivity index (χ0v) is 15.9. The molecule has 1 aromatic heterocycles. The van der Waals surface area contributed by atoms with Crippen LogP contribution in [0, 0.1) is 0 Å². The zero-order chi connectivity index (χ0) is 19.4. The number of rotatable bonds is 4. The van der Waals surface area contributed by atoms with Gasteiger partial charge in [0.1, 0.15) is 0 Å². The summed E-state index contributed by atoms with van der Waals surface area (Å²) in [4.78, 5) is 17.9. The van der Waals surface area contributed by atoms with Crippen molar-refractivity contribution in [2.24, 2.45) is 12.0 Å². The van der Waals surface area contributed by atoms with Gasteiger partial charge in [-0.1, -0.05) is 25.3 Å². The number of alkyl halides is 3. The van der Waals surface area contributed by atoms with Crippen molar-refractivity contribution in [1.29, 1.82) is 0 Å². The van der Waals surface area contributed by atoms with Gasteiger partial charge in [0.05, 0.1) is 18.0 Å². The third kappa shape index (κ3) is 5.22. The van der Waals surface area contributed by atoms with E-state index in [1.165, 1.54) is 42.7 Å². The third-order valence-corrected chi connectivity index (χ3v) is 5.68. The van der Waals surface area contributed by atoms with E-state index in [2.05, 4.69) is 5.32 Å². The lowest BCUT2D eigenvalue weighted by molar-refractivity contribution is -0.137. The Labute approximate surface area is 159 Å². The number of benzene rings is 1. The lowest BCUT2D eigenvalue weighted by Gasteiger charge is -2.16. The number of nitrogens with zero attached hydrogens (tertiary/aromatic N) is 2. The Hall–Kier alpha value is -2.09. The van der Waals surface area contributed by atoms with Gasteiger partial charge in [-0.05, 0) is 31.0 Å². The highest BCUT2D eigenvalue weighted by molar-refractivity contribution is 7.07. The summed E-state index contributed by atoms with van der Waals surface area (Å²) in [6.07, 6.45) is 1.53. The minimum absolute atomic E-state index is 0.0867. The monoisotopic (exact) mass is 397 g/mol. The molecule has 2 aromatic rings. The lowest BCUT2D eigenvalue weighted by Crippen LogP contribution is -2.22. The molecular weight excluding hydrogens is 375 g/mol. The van der Waals surface area contributed by atoms with E-state index in [-0.39, 0.29) is 18.0 Å². The van der Waals surface area contributed by atoms with E-state index in [1.807, 2.05) is 17.0 Å². The SMILES string of the molecule is Cn1c(CC(=O)Nc2cccc(C(F)(F)F)c2)csc1=NC1CCCCC1. The average Bonchev–Trinajstić information content (AvgIpc) is 2.95. The van der Waals surface area contributed by atoms with Crippen LogP contribution < -0.4 is 10.1 Å². The fourth-order valence-electron chi connectivity index (χ4n) is 3.19. The quantitative estimate of drug-likeness (QED) is 0.810. The van der Waals surface area contributed by atoms with E-state index in [9.17, 15) is 18.0 Å². The Morgan fingerprint density at radius 1 is 1.30 bits per heavy atom. The molecule has 3 rings (SSSR count). The highest BCUT2D eigenvalue weighted by Crippen LogP contribution is 2.30. The Bertz CT molecular complexity index is 864. The van der Waals surface area contributed by atoms with Crippen LogP contribution in [-0.2, 0) is 24.4 Å². The summed E-state index contributed by atoms with van der Waals surface area (Å²) in [6, 6.07) is 4.99. The van der Waals surface area contributed by atoms with Crippen molar-refractivity contribution < 1.29 is 18.0 Å². The Morgan fingerprint density at radius 3 is 2.74 bits per heavy atom. The highest BCUT2D eigenvalue weighted by Gasteiger charge is 2.30. The van der Waals surface area contributed by atoms with Gasteiger partial charge < -0.3 is 9.88 Å². The molecule has 0 spiro atoms. The predicted molar refractivity (Wildman–Crippen MR) is 99.5 cm³/mol. The molecule has 0 bridgehead atoms. The maximum atomic E-state index is 12.8. The Balaban J connectivity index is 1.67. The van der Waals surface area contributed by atoms with Crippen molar-refractivity contribution in [1.82, 2.24) is 4.57 Å². The van der Waals surface area contributed by atoms with E-state index in [0.29, 0.717) is 6.04 Å². The highest BCUT2D eigenvalue weighted by atomic mass is 32.1. The number of aromatic nitrogens is 1. The van der Waals surface area contributed by atoms with Gasteiger partial charge in [-0.2, -0.15) is 13.2 Å². The van der Waals surface area contributed by atoms with E-state index >= 15 is 0 Å². The van der Waals surface area contributed by atoms with Crippen molar-refractivity contribution in [3.63, 3.8) is 0 Å². The van der Waals surface area contributed by atoms with Gasteiger partial charge in [0.15, 0.2) is 4.80 Å². The average molecular weight is 397 g/mol. The van der Waals surface area contributed by atoms with Gasteiger partial charge in [0, 0.05) is 23.8 Å². The topological polar surface area (TPSA) is 46.4 Å². The molecule has 1 amide bonds. The third-order valence-electron chi connectivity index (χ3n) is 4.70. The van der Waals surface area contributed by atoms with Crippen molar-refractivity contribution >= 4 is 22.9 Å². The Kier molecular flexibility index (Phi) is 6.04. The van der Waals surface area contributed by atoms with E-state index in [4.69, 9.17) is 4.99 Å². The van der Waals surface area contributed by atoms with Crippen LogP contribution in [0.5, 0.6) is 0 Å².